The van der Waals surface area contributed by atoms with Gasteiger partial charge in [-0.3, -0.25) is 4.79 Å². The molecule has 16 heavy (non-hydrogen) atoms. The van der Waals surface area contributed by atoms with Gasteiger partial charge in [-0.25, -0.2) is 0 Å². The van der Waals surface area contributed by atoms with Gasteiger partial charge in [0.05, 0.1) is 25.8 Å². The SMILES string of the molecule is CNC(C)C(=O)c1ccc(OC)cc1OC. The Bertz CT molecular complexity index is 377. The number of hydrogen-bond donors (Lipinski definition) is 1. The summed E-state index contributed by atoms with van der Waals surface area (Å²) < 4.78 is 10.2. The number of ketones is 1. The number of likely N-dealkylation sites (N-methyl/N-ethyl adjacent to an activating group) is 1. The molecule has 1 N–H and O–H groups in total. The van der Waals surface area contributed by atoms with Crippen molar-refractivity contribution in [2.75, 3.05) is 21.3 Å². The topological polar surface area (TPSA) is 47.6 Å². The van der Waals surface area contributed by atoms with Crippen LogP contribution in [-0.4, -0.2) is 33.1 Å². The van der Waals surface area contributed by atoms with Crippen molar-refractivity contribution in [1.29, 1.82) is 0 Å². The highest BCUT2D eigenvalue weighted by Gasteiger charge is 2.17. The minimum Gasteiger partial charge on any atom is -0.497 e. The van der Waals surface area contributed by atoms with E-state index in [2.05, 4.69) is 5.32 Å². The Balaban J connectivity index is 3.08. The molecule has 0 saturated carbocycles. The van der Waals surface area contributed by atoms with E-state index in [1.807, 2.05) is 6.92 Å². The quantitative estimate of drug-likeness (QED) is 0.768. The normalized spacial score (nSPS) is 12.0. The Morgan fingerprint density at radius 1 is 1.31 bits per heavy atom. The summed E-state index contributed by atoms with van der Waals surface area (Å²) >= 11 is 0. The van der Waals surface area contributed by atoms with Gasteiger partial charge in [0.1, 0.15) is 11.5 Å². The number of nitrogens with one attached hydrogen (secondary N) is 1. The second-order valence-corrected chi connectivity index (χ2v) is 3.44. The van der Waals surface area contributed by atoms with Gasteiger partial charge in [-0.05, 0) is 26.1 Å². The molecule has 0 saturated heterocycles. The number of rotatable bonds is 5. The molecule has 0 aliphatic rings. The highest BCUT2D eigenvalue weighted by atomic mass is 16.5. The second kappa shape index (κ2) is 5.51. The van der Waals surface area contributed by atoms with E-state index in [0.29, 0.717) is 17.1 Å². The Hall–Kier alpha value is -1.55. The van der Waals surface area contributed by atoms with E-state index in [9.17, 15) is 4.79 Å². The summed E-state index contributed by atoms with van der Waals surface area (Å²) in [5.41, 5.74) is 0.560. The van der Waals surface area contributed by atoms with Crippen LogP contribution in [0, 0.1) is 0 Å². The third kappa shape index (κ3) is 2.52. The van der Waals surface area contributed by atoms with Gasteiger partial charge in [-0.15, -0.1) is 0 Å². The zero-order valence-corrected chi connectivity index (χ0v) is 10.0. The maximum Gasteiger partial charge on any atom is 0.183 e. The van der Waals surface area contributed by atoms with E-state index < -0.39 is 0 Å². The molecular formula is C12H17NO3. The first-order valence-electron chi connectivity index (χ1n) is 5.07. The zero-order valence-electron chi connectivity index (χ0n) is 10.0. The van der Waals surface area contributed by atoms with Crippen molar-refractivity contribution in [2.45, 2.75) is 13.0 Å². The number of methoxy groups -OCH3 is 2. The lowest BCUT2D eigenvalue weighted by Gasteiger charge is -2.13. The second-order valence-electron chi connectivity index (χ2n) is 3.44. The largest absolute Gasteiger partial charge is 0.497 e. The van der Waals surface area contributed by atoms with Crippen molar-refractivity contribution in [1.82, 2.24) is 5.32 Å². The molecule has 0 spiro atoms. The average Bonchev–Trinajstić information content (AvgIpc) is 2.35. The first kappa shape index (κ1) is 12.5. The molecule has 1 unspecified atom stereocenters. The van der Waals surface area contributed by atoms with Crippen molar-refractivity contribution in [2.24, 2.45) is 0 Å². The van der Waals surface area contributed by atoms with E-state index >= 15 is 0 Å². The fourth-order valence-electron chi connectivity index (χ4n) is 1.37. The molecule has 1 aromatic rings. The molecule has 0 aliphatic carbocycles. The van der Waals surface area contributed by atoms with Crippen molar-refractivity contribution in [3.63, 3.8) is 0 Å². The molecule has 0 aromatic heterocycles. The molecule has 1 aromatic carbocycles. The number of benzene rings is 1. The molecule has 0 fully saturated rings. The summed E-state index contributed by atoms with van der Waals surface area (Å²) in [4.78, 5) is 12.0. The van der Waals surface area contributed by atoms with E-state index in [0.717, 1.165) is 0 Å². The Labute approximate surface area is 95.6 Å². The van der Waals surface area contributed by atoms with E-state index in [4.69, 9.17) is 9.47 Å². The van der Waals surface area contributed by atoms with Crippen LogP contribution in [0.5, 0.6) is 11.5 Å². The van der Waals surface area contributed by atoms with Crippen LogP contribution in [0.2, 0.25) is 0 Å². The van der Waals surface area contributed by atoms with Gasteiger partial charge in [0.2, 0.25) is 0 Å². The van der Waals surface area contributed by atoms with Gasteiger partial charge >= 0.3 is 0 Å². The van der Waals surface area contributed by atoms with Gasteiger partial charge in [0.25, 0.3) is 0 Å². The van der Waals surface area contributed by atoms with Crippen LogP contribution in [-0.2, 0) is 0 Å². The molecule has 4 nitrogen and oxygen atoms in total. The molecule has 0 heterocycles. The summed E-state index contributed by atoms with van der Waals surface area (Å²) in [7, 11) is 4.86. The van der Waals surface area contributed by atoms with E-state index in [1.54, 1.807) is 32.4 Å². The van der Waals surface area contributed by atoms with Gasteiger partial charge in [0.15, 0.2) is 5.78 Å². The highest BCUT2D eigenvalue weighted by molar-refractivity contribution is 6.02. The van der Waals surface area contributed by atoms with Crippen molar-refractivity contribution in [3.05, 3.63) is 23.8 Å². The van der Waals surface area contributed by atoms with E-state index in [1.165, 1.54) is 7.11 Å². The van der Waals surface area contributed by atoms with E-state index in [-0.39, 0.29) is 11.8 Å². The minimum absolute atomic E-state index is 0.00185. The van der Waals surface area contributed by atoms with Crippen LogP contribution >= 0.6 is 0 Å². The van der Waals surface area contributed by atoms with Gasteiger partial charge in [0, 0.05) is 6.07 Å². The first-order valence-corrected chi connectivity index (χ1v) is 5.07. The number of ether oxygens (including phenoxy) is 2. The Morgan fingerprint density at radius 3 is 2.50 bits per heavy atom. The van der Waals surface area contributed by atoms with Crippen molar-refractivity contribution >= 4 is 5.78 Å². The summed E-state index contributed by atoms with van der Waals surface area (Å²) in [5, 5.41) is 2.91. The summed E-state index contributed by atoms with van der Waals surface area (Å²) in [6.45, 7) is 1.81. The van der Waals surface area contributed by atoms with Crippen molar-refractivity contribution < 1.29 is 14.3 Å². The highest BCUT2D eigenvalue weighted by Crippen LogP contribution is 2.25. The van der Waals surface area contributed by atoms with Crippen molar-refractivity contribution in [3.8, 4) is 11.5 Å². The van der Waals surface area contributed by atoms with Gasteiger partial charge < -0.3 is 14.8 Å². The standard InChI is InChI=1S/C12H17NO3/c1-8(13-2)12(14)10-6-5-9(15-3)7-11(10)16-4/h5-8,13H,1-4H3. The van der Waals surface area contributed by atoms with Crippen LogP contribution in [0.1, 0.15) is 17.3 Å². The third-order valence-electron chi connectivity index (χ3n) is 2.50. The molecule has 88 valence electrons. The van der Waals surface area contributed by atoms with Crippen LogP contribution in [0.15, 0.2) is 18.2 Å². The predicted octanol–water partition coefficient (Wildman–Crippen LogP) is 1.49. The molecule has 0 radical (unpaired) electrons. The molecule has 1 rings (SSSR count). The number of hydrogen-bond acceptors (Lipinski definition) is 4. The first-order chi connectivity index (χ1) is 7.63. The predicted molar refractivity (Wildman–Crippen MR) is 62.4 cm³/mol. The maximum absolute atomic E-state index is 12.0. The average molecular weight is 223 g/mol. The monoisotopic (exact) mass is 223 g/mol. The minimum atomic E-state index is -0.234. The lowest BCUT2D eigenvalue weighted by Crippen LogP contribution is -2.30. The lowest BCUT2D eigenvalue weighted by atomic mass is 10.0. The fraction of sp³-hybridized carbons (Fsp3) is 0.417. The summed E-state index contributed by atoms with van der Waals surface area (Å²) in [5.74, 6) is 1.21. The fourth-order valence-corrected chi connectivity index (χ4v) is 1.37. The molecular weight excluding hydrogens is 206 g/mol. The molecule has 0 bridgehead atoms. The maximum atomic E-state index is 12.0. The zero-order chi connectivity index (χ0) is 12.1. The molecule has 1 atom stereocenters. The third-order valence-corrected chi connectivity index (χ3v) is 2.50. The Morgan fingerprint density at radius 2 is 2.00 bits per heavy atom. The summed E-state index contributed by atoms with van der Waals surface area (Å²) in [6, 6.07) is 4.93. The van der Waals surface area contributed by atoms with Crippen LogP contribution in [0.3, 0.4) is 0 Å². The Kier molecular flexibility index (Phi) is 4.31. The lowest BCUT2D eigenvalue weighted by molar-refractivity contribution is 0.0952. The van der Waals surface area contributed by atoms with Crippen LogP contribution in [0.25, 0.3) is 0 Å². The smallest absolute Gasteiger partial charge is 0.183 e. The number of Topliss-reactive ketones (excluding diaryl/α,β-unsaturated/α-hetero) is 1. The number of carbonyl (C=O) groups is 1. The summed E-state index contributed by atoms with van der Waals surface area (Å²) in [6.07, 6.45) is 0. The molecule has 4 heteroatoms. The molecule has 0 aliphatic heterocycles. The molecule has 0 amide bonds. The number of carbonyl (C=O) groups excluding carboxylic acids is 1. The van der Waals surface area contributed by atoms with Gasteiger partial charge in [-0.2, -0.15) is 0 Å². The van der Waals surface area contributed by atoms with Crippen LogP contribution in [0.4, 0.5) is 0 Å². The van der Waals surface area contributed by atoms with Gasteiger partial charge in [-0.1, -0.05) is 0 Å². The van der Waals surface area contributed by atoms with Crippen LogP contribution < -0.4 is 14.8 Å².